The van der Waals surface area contributed by atoms with Crippen LogP contribution in [0.1, 0.15) is 50.1 Å². The Morgan fingerprint density at radius 3 is 0.265 bits per heavy atom. The quantitative estimate of drug-likeness (QED) is 0.0764. The van der Waals surface area contributed by atoms with Crippen LogP contribution < -0.4 is 46.7 Å². The van der Waals surface area contributed by atoms with E-state index >= 15 is 0 Å². The molecule has 4 nitrogen and oxygen atoms in total. The second-order valence-electron chi connectivity index (χ2n) is 20.8. The summed E-state index contributed by atoms with van der Waals surface area (Å²) in [6.45, 7) is 0. The molecule has 521 valence electrons. The molecule has 9 aromatic carbocycles. The molecule has 1 radical (unpaired) electrons. The van der Waals surface area contributed by atoms with Gasteiger partial charge in [0.05, 0.1) is 50.1 Å². The Kier molecular flexibility index (Phi) is 24.1. The van der Waals surface area contributed by atoms with Crippen LogP contribution in [0.15, 0.2) is 218 Å². The van der Waals surface area contributed by atoms with Crippen LogP contribution in [0.25, 0.3) is 0 Å². The van der Waals surface area contributed by atoms with Gasteiger partial charge in [0.15, 0.2) is 0 Å². The summed E-state index contributed by atoms with van der Waals surface area (Å²) in [5.41, 5.74) is -9.15. The van der Waals surface area contributed by atoms with Crippen LogP contribution in [0.4, 0.5) is 119 Å². The minimum absolute atomic E-state index is 0. The summed E-state index contributed by atoms with van der Waals surface area (Å²) in [5, 5.41) is -0.333. The van der Waals surface area contributed by atoms with Crippen molar-refractivity contribution in [3.05, 3.63) is 268 Å². The van der Waals surface area contributed by atoms with Crippen LogP contribution in [0, 0.1) is 0 Å². The number of benzene rings is 9. The van der Waals surface area contributed by atoms with Crippen molar-refractivity contribution < 1.29 is 157 Å². The Morgan fingerprint density at radius 1 is 0.153 bits per heavy atom. The van der Waals surface area contributed by atoms with Crippen molar-refractivity contribution in [1.29, 1.82) is 0 Å². The number of halogens is 27. The van der Waals surface area contributed by atoms with E-state index < -0.39 is 131 Å². The van der Waals surface area contributed by atoms with Crippen LogP contribution in [0.2, 0.25) is 0 Å². The summed E-state index contributed by atoms with van der Waals surface area (Å²) in [7, 11) is -12.7. The van der Waals surface area contributed by atoms with E-state index in [4.69, 9.17) is 0 Å². The maximum atomic E-state index is 12.9. The Morgan fingerprint density at radius 2 is 0.214 bits per heavy atom. The van der Waals surface area contributed by atoms with Crippen molar-refractivity contribution in [3.63, 3.8) is 0 Å². The number of alkyl halides is 27. The molecule has 0 fully saturated rings. The predicted octanol–water partition coefficient (Wildman–Crippen LogP) is 14.0. The second kappa shape index (κ2) is 29.2. The Bertz CT molecular complexity index is 3210. The van der Waals surface area contributed by atoms with Gasteiger partial charge in [-0.1, -0.05) is 218 Å². The first-order valence-corrected chi connectivity index (χ1v) is 32.5. The minimum atomic E-state index is -4.67. The van der Waals surface area contributed by atoms with Gasteiger partial charge in [-0.3, -0.25) is 0 Å². The standard InChI is InChI=1S/3C21H13F9OSi.O.V/c3*22-19(23,24)13-1-7-16(8-2-13)32(31,17-9-3-14(4-10-17)20(25,26)27)18-11-5-15(6-12-18)21(28,29)30;;/h3*1-12,31H;;/q;;;-2;+2. The molecular formula is C63H39F27O4Si3V. The van der Waals surface area contributed by atoms with E-state index in [0.29, 0.717) is 109 Å². The van der Waals surface area contributed by atoms with Crippen molar-refractivity contribution in [1.82, 2.24) is 0 Å². The summed E-state index contributed by atoms with van der Waals surface area (Å²) in [5.74, 6) is 0. The molecule has 0 spiro atoms. The van der Waals surface area contributed by atoms with Gasteiger partial charge in [0.2, 0.25) is 0 Å². The van der Waals surface area contributed by atoms with E-state index in [0.717, 1.165) is 109 Å². The summed E-state index contributed by atoms with van der Waals surface area (Å²) < 4.78 is 349. The van der Waals surface area contributed by atoms with E-state index in [1.54, 1.807) is 0 Å². The second-order valence-corrected chi connectivity index (χ2v) is 30.3. The summed E-state index contributed by atoms with van der Waals surface area (Å²) in [6, 6.07) is 30.1. The van der Waals surface area contributed by atoms with Crippen molar-refractivity contribution >= 4 is 71.6 Å². The third-order valence-electron chi connectivity index (χ3n) is 14.7. The molecule has 0 amide bonds. The molecule has 98 heavy (non-hydrogen) atoms. The van der Waals surface area contributed by atoms with Gasteiger partial charge in [-0.2, -0.15) is 119 Å². The van der Waals surface area contributed by atoms with Crippen LogP contribution in [-0.4, -0.2) is 39.3 Å². The third kappa shape index (κ3) is 18.5. The first kappa shape index (κ1) is 80.8. The summed E-state index contributed by atoms with van der Waals surface area (Å²) >= 11 is 0. The smallest absolute Gasteiger partial charge is 2.00 e. The largest absolute Gasteiger partial charge is 2.00 e. The van der Waals surface area contributed by atoms with Gasteiger partial charge < -0.3 is 19.9 Å². The maximum absolute atomic E-state index is 12.9. The molecular weight excluding hydrogens is 1470 g/mol. The topological polar surface area (TPSA) is 89.2 Å². The van der Waals surface area contributed by atoms with Gasteiger partial charge >= 0.3 is 74.1 Å². The molecule has 0 aliphatic heterocycles. The van der Waals surface area contributed by atoms with Crippen LogP contribution >= 0.6 is 0 Å². The zero-order valence-electron chi connectivity index (χ0n) is 48.2. The Balaban J connectivity index is 0.000000263. The molecule has 0 atom stereocenters. The third-order valence-corrected chi connectivity index (χ3v) is 25.2. The molecule has 0 bridgehead atoms. The first-order chi connectivity index (χ1) is 43.9. The van der Waals surface area contributed by atoms with Crippen LogP contribution in [0.3, 0.4) is 0 Å². The van der Waals surface area contributed by atoms with E-state index in [2.05, 4.69) is 0 Å². The van der Waals surface area contributed by atoms with Crippen molar-refractivity contribution in [2.24, 2.45) is 0 Å². The van der Waals surface area contributed by atoms with Crippen molar-refractivity contribution in [3.8, 4) is 0 Å². The maximum Gasteiger partial charge on any atom is 2.00 e. The first-order valence-electron chi connectivity index (χ1n) is 26.7. The number of hydrogen-bond acceptors (Lipinski definition) is 3. The van der Waals surface area contributed by atoms with Gasteiger partial charge in [0.25, 0.3) is 25.0 Å². The molecule has 0 aromatic heterocycles. The van der Waals surface area contributed by atoms with Crippen LogP contribution in [0.5, 0.6) is 0 Å². The predicted molar refractivity (Wildman–Crippen MR) is 304 cm³/mol. The van der Waals surface area contributed by atoms with Crippen LogP contribution in [-0.2, 0) is 79.6 Å². The fraction of sp³-hybridized carbons (Fsp3) is 0.143. The van der Waals surface area contributed by atoms with Gasteiger partial charge in [0, 0.05) is 0 Å². The molecule has 0 aliphatic carbocycles. The Labute approximate surface area is 550 Å². The molecule has 9 aromatic rings. The average molecular weight is 1510 g/mol. The van der Waals surface area contributed by atoms with Gasteiger partial charge in [0.1, 0.15) is 0 Å². The fourth-order valence-corrected chi connectivity index (χ4v) is 18.4. The van der Waals surface area contributed by atoms with Gasteiger partial charge in [-0.05, 0) is 46.7 Å². The van der Waals surface area contributed by atoms with Crippen molar-refractivity contribution in [2.75, 3.05) is 0 Å². The van der Waals surface area contributed by atoms with E-state index in [9.17, 15) is 133 Å². The number of rotatable bonds is 9. The number of hydrogen-bond donors (Lipinski definition) is 3. The molecule has 0 heterocycles. The Hall–Kier alpha value is -7.83. The zero-order valence-corrected chi connectivity index (χ0v) is 52.6. The van der Waals surface area contributed by atoms with E-state index in [1.807, 2.05) is 0 Å². The monoisotopic (exact) mass is 1510 g/mol. The molecule has 9 rings (SSSR count). The van der Waals surface area contributed by atoms with Crippen molar-refractivity contribution in [2.45, 2.75) is 55.6 Å². The molecule has 35 heteroatoms. The molecule has 0 saturated carbocycles. The van der Waals surface area contributed by atoms with Gasteiger partial charge in [-0.15, -0.1) is 0 Å². The average Bonchev–Trinajstić information content (AvgIpc) is 0.768. The molecule has 3 N–H and O–H groups in total. The summed E-state index contributed by atoms with van der Waals surface area (Å²) in [4.78, 5) is 34.8. The minimum Gasteiger partial charge on any atom is -2.00 e. The fourth-order valence-electron chi connectivity index (χ4n) is 9.60. The van der Waals surface area contributed by atoms with E-state index in [-0.39, 0.29) is 70.7 Å². The molecule has 0 saturated heterocycles. The SMILES string of the molecule is O[Si](c1ccc(C(F)(F)F)cc1)(c1ccc(C(F)(F)F)cc1)c1ccc(C(F)(F)F)cc1.O[Si](c1ccc(C(F)(F)F)cc1)(c1ccc(C(F)(F)F)cc1)c1ccc(C(F)(F)F)cc1.O[Si](c1ccc(C(F)(F)F)cc1)(c1ccc(C(F)(F)F)cc1)c1ccc(C(F)(F)F)cc1.[O-2].[V+2]. The zero-order chi connectivity index (χ0) is 71.8. The normalized spacial score (nSPS) is 13.0. The van der Waals surface area contributed by atoms with Gasteiger partial charge in [-0.25, -0.2) is 0 Å². The molecule has 0 aliphatic rings. The molecule has 0 unspecified atom stereocenters. The summed E-state index contributed by atoms with van der Waals surface area (Å²) in [6.07, 6.45) is -42.0. The van der Waals surface area contributed by atoms with E-state index in [1.165, 1.54) is 0 Å².